The maximum Gasteiger partial charge on any atom is 0.0645 e. The standard InChI is InChI=1S/C19H21N3/c1-15(20)7-8-16-9-11-17(12-10-16)18-13-21-22(14-18)19-5-3-2-4-6-19/h2-6,9-15H,7-8,20H2,1H3. The predicted octanol–water partition coefficient (Wildman–Crippen LogP) is 3.82. The molecule has 0 amide bonds. The highest BCUT2D eigenvalue weighted by Gasteiger charge is 2.04. The molecule has 3 nitrogen and oxygen atoms in total. The van der Waals surface area contributed by atoms with Crippen molar-refractivity contribution < 1.29 is 0 Å². The van der Waals surface area contributed by atoms with Gasteiger partial charge in [-0.15, -0.1) is 0 Å². The van der Waals surface area contributed by atoms with E-state index in [-0.39, 0.29) is 6.04 Å². The van der Waals surface area contributed by atoms with Crippen LogP contribution < -0.4 is 5.73 Å². The Hall–Kier alpha value is -2.39. The Morgan fingerprint density at radius 2 is 1.73 bits per heavy atom. The van der Waals surface area contributed by atoms with Gasteiger partial charge in [0.05, 0.1) is 11.9 Å². The van der Waals surface area contributed by atoms with E-state index in [1.807, 2.05) is 48.1 Å². The minimum atomic E-state index is 0.254. The molecule has 3 heteroatoms. The lowest BCUT2D eigenvalue weighted by Gasteiger charge is -2.05. The third kappa shape index (κ3) is 3.43. The van der Waals surface area contributed by atoms with Crippen LogP contribution in [0.3, 0.4) is 0 Å². The second-order valence-corrected chi connectivity index (χ2v) is 5.72. The van der Waals surface area contributed by atoms with Crippen molar-refractivity contribution in [2.45, 2.75) is 25.8 Å². The average molecular weight is 291 g/mol. The number of hydrogen-bond donors (Lipinski definition) is 1. The lowest BCUT2D eigenvalue weighted by Crippen LogP contribution is -2.15. The lowest BCUT2D eigenvalue weighted by atomic mass is 10.0. The SMILES string of the molecule is CC(N)CCc1ccc(-c2cnn(-c3ccccc3)c2)cc1. The highest BCUT2D eigenvalue weighted by atomic mass is 15.3. The Labute approximate surface area is 131 Å². The highest BCUT2D eigenvalue weighted by molar-refractivity contribution is 5.62. The van der Waals surface area contributed by atoms with E-state index in [1.54, 1.807) is 0 Å². The summed E-state index contributed by atoms with van der Waals surface area (Å²) in [6, 6.07) is 19.1. The molecule has 2 N–H and O–H groups in total. The quantitative estimate of drug-likeness (QED) is 0.776. The predicted molar refractivity (Wildman–Crippen MR) is 91.0 cm³/mol. The van der Waals surface area contributed by atoms with Crippen molar-refractivity contribution in [3.63, 3.8) is 0 Å². The molecule has 2 aromatic carbocycles. The van der Waals surface area contributed by atoms with Crippen molar-refractivity contribution in [1.82, 2.24) is 9.78 Å². The summed E-state index contributed by atoms with van der Waals surface area (Å²) in [7, 11) is 0. The topological polar surface area (TPSA) is 43.8 Å². The van der Waals surface area contributed by atoms with Crippen LogP contribution in [-0.4, -0.2) is 15.8 Å². The first kappa shape index (κ1) is 14.5. The maximum atomic E-state index is 5.81. The molecule has 1 atom stereocenters. The fourth-order valence-electron chi connectivity index (χ4n) is 2.45. The zero-order chi connectivity index (χ0) is 15.4. The molecule has 0 aliphatic heterocycles. The van der Waals surface area contributed by atoms with Gasteiger partial charge in [-0.25, -0.2) is 4.68 Å². The first-order chi connectivity index (χ1) is 10.7. The summed E-state index contributed by atoms with van der Waals surface area (Å²) in [6.07, 6.45) is 6.02. The monoisotopic (exact) mass is 291 g/mol. The van der Waals surface area contributed by atoms with Crippen LogP contribution in [0.25, 0.3) is 16.8 Å². The smallest absolute Gasteiger partial charge is 0.0645 e. The zero-order valence-corrected chi connectivity index (χ0v) is 12.8. The largest absolute Gasteiger partial charge is 0.328 e. The van der Waals surface area contributed by atoms with Crippen LogP contribution in [0.2, 0.25) is 0 Å². The molecule has 1 heterocycles. The summed E-state index contributed by atoms with van der Waals surface area (Å²) in [6.45, 7) is 2.05. The van der Waals surface area contributed by atoms with Gasteiger partial charge in [-0.05, 0) is 43.0 Å². The molecule has 0 aliphatic rings. The molecule has 0 spiro atoms. The molecule has 22 heavy (non-hydrogen) atoms. The normalized spacial score (nSPS) is 12.3. The number of nitrogens with zero attached hydrogens (tertiary/aromatic N) is 2. The van der Waals surface area contributed by atoms with Gasteiger partial charge in [0.2, 0.25) is 0 Å². The summed E-state index contributed by atoms with van der Waals surface area (Å²) in [5.41, 5.74) is 10.5. The van der Waals surface area contributed by atoms with Crippen molar-refractivity contribution in [3.05, 3.63) is 72.6 Å². The fourth-order valence-corrected chi connectivity index (χ4v) is 2.45. The van der Waals surface area contributed by atoms with Crippen LogP contribution in [-0.2, 0) is 6.42 Å². The molecule has 1 aromatic heterocycles. The first-order valence-electron chi connectivity index (χ1n) is 7.67. The number of aromatic nitrogens is 2. The van der Waals surface area contributed by atoms with E-state index in [9.17, 15) is 0 Å². The Kier molecular flexibility index (Phi) is 4.35. The van der Waals surface area contributed by atoms with E-state index in [4.69, 9.17) is 5.73 Å². The highest BCUT2D eigenvalue weighted by Crippen LogP contribution is 2.21. The van der Waals surface area contributed by atoms with Crippen molar-refractivity contribution in [2.75, 3.05) is 0 Å². The molecule has 112 valence electrons. The van der Waals surface area contributed by atoms with Crippen LogP contribution in [0.1, 0.15) is 18.9 Å². The van der Waals surface area contributed by atoms with Crippen molar-refractivity contribution >= 4 is 0 Å². The van der Waals surface area contributed by atoms with Gasteiger partial charge < -0.3 is 5.73 Å². The van der Waals surface area contributed by atoms with E-state index in [0.717, 1.165) is 24.1 Å². The van der Waals surface area contributed by atoms with Crippen LogP contribution in [0.5, 0.6) is 0 Å². The maximum absolute atomic E-state index is 5.81. The Balaban J connectivity index is 1.76. The summed E-state index contributed by atoms with van der Waals surface area (Å²) in [5.74, 6) is 0. The van der Waals surface area contributed by atoms with Crippen LogP contribution >= 0.6 is 0 Å². The van der Waals surface area contributed by atoms with Gasteiger partial charge in [0.1, 0.15) is 0 Å². The Morgan fingerprint density at radius 3 is 2.41 bits per heavy atom. The van der Waals surface area contributed by atoms with Crippen LogP contribution in [0, 0.1) is 0 Å². The van der Waals surface area contributed by atoms with Gasteiger partial charge in [0, 0.05) is 17.8 Å². The molecule has 3 aromatic rings. The number of aryl methyl sites for hydroxylation is 1. The van der Waals surface area contributed by atoms with Gasteiger partial charge in [0.25, 0.3) is 0 Å². The van der Waals surface area contributed by atoms with Crippen molar-refractivity contribution in [3.8, 4) is 16.8 Å². The Morgan fingerprint density at radius 1 is 1.00 bits per heavy atom. The van der Waals surface area contributed by atoms with Crippen molar-refractivity contribution in [1.29, 1.82) is 0 Å². The number of hydrogen-bond acceptors (Lipinski definition) is 2. The van der Waals surface area contributed by atoms with Crippen LogP contribution in [0.15, 0.2) is 67.0 Å². The average Bonchev–Trinajstić information content (AvgIpc) is 3.04. The second-order valence-electron chi connectivity index (χ2n) is 5.72. The molecular weight excluding hydrogens is 270 g/mol. The van der Waals surface area contributed by atoms with Gasteiger partial charge >= 0.3 is 0 Å². The van der Waals surface area contributed by atoms with E-state index < -0.39 is 0 Å². The van der Waals surface area contributed by atoms with E-state index >= 15 is 0 Å². The number of benzene rings is 2. The third-order valence-corrected chi connectivity index (χ3v) is 3.78. The molecule has 0 radical (unpaired) electrons. The van der Waals surface area contributed by atoms with E-state index in [2.05, 4.69) is 35.6 Å². The molecule has 0 aliphatic carbocycles. The summed E-state index contributed by atoms with van der Waals surface area (Å²) in [4.78, 5) is 0. The van der Waals surface area contributed by atoms with Gasteiger partial charge in [-0.2, -0.15) is 5.10 Å². The van der Waals surface area contributed by atoms with Gasteiger partial charge in [-0.3, -0.25) is 0 Å². The number of para-hydroxylation sites is 1. The molecule has 0 bridgehead atoms. The number of rotatable bonds is 5. The molecule has 0 fully saturated rings. The zero-order valence-electron chi connectivity index (χ0n) is 12.8. The molecular formula is C19H21N3. The lowest BCUT2D eigenvalue weighted by molar-refractivity contribution is 0.666. The summed E-state index contributed by atoms with van der Waals surface area (Å²) < 4.78 is 1.90. The minimum absolute atomic E-state index is 0.254. The van der Waals surface area contributed by atoms with Crippen molar-refractivity contribution in [2.24, 2.45) is 5.73 Å². The molecule has 0 saturated carbocycles. The fraction of sp³-hybridized carbons (Fsp3) is 0.211. The Bertz CT molecular complexity index is 712. The first-order valence-corrected chi connectivity index (χ1v) is 7.67. The number of nitrogens with two attached hydrogens (primary N) is 1. The van der Waals surface area contributed by atoms with E-state index in [1.165, 1.54) is 11.1 Å². The third-order valence-electron chi connectivity index (χ3n) is 3.78. The van der Waals surface area contributed by atoms with Gasteiger partial charge in [0.15, 0.2) is 0 Å². The van der Waals surface area contributed by atoms with E-state index in [0.29, 0.717) is 0 Å². The minimum Gasteiger partial charge on any atom is -0.328 e. The molecule has 3 rings (SSSR count). The second kappa shape index (κ2) is 6.58. The summed E-state index contributed by atoms with van der Waals surface area (Å²) >= 11 is 0. The van der Waals surface area contributed by atoms with Crippen LogP contribution in [0.4, 0.5) is 0 Å². The summed E-state index contributed by atoms with van der Waals surface area (Å²) in [5, 5.41) is 4.44. The molecule has 1 unspecified atom stereocenters. The molecule has 0 saturated heterocycles. The van der Waals surface area contributed by atoms with Gasteiger partial charge in [-0.1, -0.05) is 42.5 Å².